The van der Waals surface area contributed by atoms with Gasteiger partial charge in [-0.05, 0) is 10.8 Å². The van der Waals surface area contributed by atoms with E-state index in [0.717, 1.165) is 16.2 Å². The summed E-state index contributed by atoms with van der Waals surface area (Å²) >= 11 is 3.55. The fraction of sp³-hybridized carbons (Fsp3) is 0.316. The predicted molar refractivity (Wildman–Crippen MR) is 132 cm³/mol. The van der Waals surface area contributed by atoms with Gasteiger partial charge in [-0.25, -0.2) is 9.78 Å². The molecule has 0 spiro atoms. The highest BCUT2D eigenvalue weighted by molar-refractivity contribution is 8.01. The van der Waals surface area contributed by atoms with Crippen molar-refractivity contribution in [2.75, 3.05) is 23.9 Å². The average molecular weight is 564 g/mol. The molecule has 3 N–H and O–H groups in total. The number of thiazole rings is 1. The van der Waals surface area contributed by atoms with Gasteiger partial charge in [0.15, 0.2) is 10.8 Å². The number of rotatable bonds is 11. The molecule has 1 unspecified atom stereocenters. The minimum Gasteiger partial charge on any atom is -0.477 e. The van der Waals surface area contributed by atoms with Gasteiger partial charge in [0.05, 0.1) is 0 Å². The minimum absolute atomic E-state index is 0.131. The summed E-state index contributed by atoms with van der Waals surface area (Å²) in [5, 5.41) is 31.7. The highest BCUT2D eigenvalue weighted by Gasteiger charge is 2.54. The van der Waals surface area contributed by atoms with E-state index >= 15 is 0 Å². The zero-order valence-corrected chi connectivity index (χ0v) is 21.3. The number of carbonyl (C=O) groups excluding carboxylic acids is 3. The van der Waals surface area contributed by atoms with Gasteiger partial charge in [0.1, 0.15) is 36.5 Å². The lowest BCUT2D eigenvalue weighted by atomic mass is 10.0. The normalized spacial score (nSPS) is 19.0. The Hall–Kier alpha value is -3.95. The second kappa shape index (κ2) is 11.4. The molecule has 0 saturated carbocycles. The molecular formula is C19H17N9O6S3. The molecule has 0 aliphatic carbocycles. The summed E-state index contributed by atoms with van der Waals surface area (Å²) in [4.78, 5) is 59.8. The first kappa shape index (κ1) is 26.1. The van der Waals surface area contributed by atoms with Crippen molar-refractivity contribution in [1.29, 1.82) is 0 Å². The number of nitrogens with one attached hydrogen (secondary N) is 2. The Morgan fingerprint density at radius 1 is 1.49 bits per heavy atom. The number of thioether (sulfide) groups is 2. The number of carboxylic acids is 1. The number of fused-ring (bicyclic) bond motifs is 1. The third-order valence-corrected chi connectivity index (χ3v) is 7.93. The second-order valence-electron chi connectivity index (χ2n) is 7.14. The lowest BCUT2D eigenvalue weighted by Gasteiger charge is -2.49. The number of hydrogen-bond donors (Lipinski definition) is 3. The smallest absolute Gasteiger partial charge is 0.352 e. The van der Waals surface area contributed by atoms with Gasteiger partial charge in [0, 0.05) is 16.9 Å². The van der Waals surface area contributed by atoms with Crippen LogP contribution in [0.15, 0.2) is 27.0 Å². The van der Waals surface area contributed by atoms with Crippen molar-refractivity contribution in [3.05, 3.63) is 22.3 Å². The van der Waals surface area contributed by atoms with E-state index in [9.17, 15) is 24.3 Å². The number of amides is 3. The van der Waals surface area contributed by atoms with Crippen LogP contribution < -0.4 is 10.6 Å². The molecule has 0 radical (unpaired) electrons. The van der Waals surface area contributed by atoms with E-state index in [1.165, 1.54) is 40.8 Å². The molecule has 4 heterocycles. The standard InChI is InChI=1S/C19H17N9O6S3/c1-3-4-27-24-19(23-26-27)36-6-9-5-35-16-12(15(31)28(16)13(9)17(32)33)22-14(30)11(25-34-2)10-7-37-18(21-10)20-8-29/h1,7-8,12,16H,4-6H2,2H3,(H,22,30)(H,32,33)(H,20,21,29)/b25-11+/t12?,16-/m1/s1. The first-order valence-corrected chi connectivity index (χ1v) is 13.1. The van der Waals surface area contributed by atoms with Crippen LogP contribution in [0.25, 0.3) is 0 Å². The van der Waals surface area contributed by atoms with Crippen LogP contribution in [0.4, 0.5) is 5.13 Å². The van der Waals surface area contributed by atoms with Crippen molar-refractivity contribution in [2.45, 2.75) is 23.1 Å². The van der Waals surface area contributed by atoms with Gasteiger partial charge in [-0.3, -0.25) is 19.3 Å². The molecular weight excluding hydrogens is 546 g/mol. The molecule has 3 amide bonds. The number of oxime groups is 1. The van der Waals surface area contributed by atoms with Gasteiger partial charge >= 0.3 is 5.97 Å². The van der Waals surface area contributed by atoms with Crippen molar-refractivity contribution in [2.24, 2.45) is 5.16 Å². The van der Waals surface area contributed by atoms with E-state index in [4.69, 9.17) is 11.3 Å². The van der Waals surface area contributed by atoms with Gasteiger partial charge in [-0.2, -0.15) is 4.80 Å². The van der Waals surface area contributed by atoms with E-state index < -0.39 is 29.2 Å². The zero-order valence-electron chi connectivity index (χ0n) is 18.9. The van der Waals surface area contributed by atoms with Crippen molar-refractivity contribution in [1.82, 2.24) is 35.4 Å². The zero-order chi connectivity index (χ0) is 26.5. The number of tetrazole rings is 1. The quantitative estimate of drug-likeness (QED) is 0.0771. The SMILES string of the molecule is C#CCn1nnc(SCC2=C(C(=O)O)N3C(=O)C(NC(=O)/C(=N/OC)c4csc(NC=O)n4)[C@H]3SC2)n1. The molecule has 2 atom stereocenters. The Morgan fingerprint density at radius 3 is 3.00 bits per heavy atom. The monoisotopic (exact) mass is 563 g/mol. The number of terminal acetylenes is 1. The minimum atomic E-state index is -1.26. The molecule has 4 rings (SSSR count). The fourth-order valence-electron chi connectivity index (χ4n) is 3.39. The Kier molecular flexibility index (Phi) is 8.05. The number of carbonyl (C=O) groups is 4. The number of carboxylic acid groups (broad SMARTS) is 1. The summed E-state index contributed by atoms with van der Waals surface area (Å²) in [7, 11) is 1.24. The van der Waals surface area contributed by atoms with E-state index in [-0.39, 0.29) is 34.5 Å². The van der Waals surface area contributed by atoms with Crippen LogP contribution in [-0.4, -0.2) is 95.1 Å². The summed E-state index contributed by atoms with van der Waals surface area (Å²) in [5.74, 6) is 0.322. The summed E-state index contributed by atoms with van der Waals surface area (Å²) < 4.78 is 0. The number of β-lactam (4-membered cyclic amide) rings is 1. The average Bonchev–Trinajstić information content (AvgIpc) is 3.53. The molecule has 15 nitrogen and oxygen atoms in total. The lowest BCUT2D eigenvalue weighted by Crippen LogP contribution is -2.71. The first-order chi connectivity index (χ1) is 17.9. The molecule has 0 bridgehead atoms. The van der Waals surface area contributed by atoms with Gasteiger partial charge < -0.3 is 20.6 Å². The molecule has 2 aromatic heterocycles. The molecule has 2 aromatic rings. The van der Waals surface area contributed by atoms with E-state index in [1.807, 2.05) is 0 Å². The van der Waals surface area contributed by atoms with Crippen LogP contribution in [-0.2, 0) is 30.6 Å². The van der Waals surface area contributed by atoms with Crippen LogP contribution in [0, 0.1) is 12.3 Å². The highest BCUT2D eigenvalue weighted by Crippen LogP contribution is 2.41. The molecule has 1 saturated heterocycles. The van der Waals surface area contributed by atoms with E-state index in [0.29, 0.717) is 22.9 Å². The number of hydrogen-bond acceptors (Lipinski definition) is 13. The Balaban J connectivity index is 1.46. The second-order valence-corrected chi connectivity index (χ2v) is 10.0. The van der Waals surface area contributed by atoms with Crippen LogP contribution in [0.5, 0.6) is 0 Å². The lowest BCUT2D eigenvalue weighted by molar-refractivity contribution is -0.150. The molecule has 37 heavy (non-hydrogen) atoms. The van der Waals surface area contributed by atoms with Crippen molar-refractivity contribution in [3.8, 4) is 12.3 Å². The van der Waals surface area contributed by atoms with Crippen molar-refractivity contribution < 1.29 is 29.1 Å². The predicted octanol–water partition coefficient (Wildman–Crippen LogP) is -0.787. The maximum atomic E-state index is 13.0. The molecule has 2 aliphatic heterocycles. The van der Waals surface area contributed by atoms with Crippen LogP contribution >= 0.6 is 34.9 Å². The summed E-state index contributed by atoms with van der Waals surface area (Å²) in [6.07, 6.45) is 5.66. The third-order valence-electron chi connectivity index (χ3n) is 4.91. The molecule has 18 heteroatoms. The van der Waals surface area contributed by atoms with Crippen LogP contribution in [0.1, 0.15) is 5.69 Å². The molecule has 0 aromatic carbocycles. The first-order valence-electron chi connectivity index (χ1n) is 10.2. The summed E-state index contributed by atoms with van der Waals surface area (Å²) in [5.41, 5.74) is 0.287. The maximum absolute atomic E-state index is 13.0. The van der Waals surface area contributed by atoms with Gasteiger partial charge in [-0.15, -0.1) is 39.7 Å². The number of aromatic nitrogens is 5. The Bertz CT molecular complexity index is 1350. The molecule has 2 aliphatic rings. The van der Waals surface area contributed by atoms with Gasteiger partial charge in [-0.1, -0.05) is 22.8 Å². The molecule has 192 valence electrons. The largest absolute Gasteiger partial charge is 0.477 e. The fourth-order valence-corrected chi connectivity index (χ4v) is 6.30. The van der Waals surface area contributed by atoms with E-state index in [2.05, 4.69) is 42.1 Å². The number of aliphatic carboxylic acids is 1. The highest BCUT2D eigenvalue weighted by atomic mass is 32.2. The summed E-state index contributed by atoms with van der Waals surface area (Å²) in [6, 6.07) is -0.986. The van der Waals surface area contributed by atoms with Crippen LogP contribution in [0.3, 0.4) is 0 Å². The van der Waals surface area contributed by atoms with Crippen molar-refractivity contribution in [3.63, 3.8) is 0 Å². The number of nitrogens with zero attached hydrogens (tertiary/aromatic N) is 7. The topological polar surface area (TPSA) is 194 Å². The third kappa shape index (κ3) is 5.42. The Labute approximate surface area is 221 Å². The molecule has 1 fully saturated rings. The van der Waals surface area contributed by atoms with E-state index in [1.54, 1.807) is 0 Å². The summed E-state index contributed by atoms with van der Waals surface area (Å²) in [6.45, 7) is 0.152. The maximum Gasteiger partial charge on any atom is 0.352 e. The van der Waals surface area contributed by atoms with Gasteiger partial charge in [0.2, 0.25) is 11.6 Å². The van der Waals surface area contributed by atoms with Crippen LogP contribution in [0.2, 0.25) is 0 Å². The Morgan fingerprint density at radius 2 is 2.30 bits per heavy atom. The van der Waals surface area contributed by atoms with Gasteiger partial charge in [0.25, 0.3) is 11.8 Å². The van der Waals surface area contributed by atoms with Crippen molar-refractivity contribution >= 4 is 69.9 Å². The number of anilines is 1.